The molecule has 3 N–H and O–H groups in total. The summed E-state index contributed by atoms with van der Waals surface area (Å²) >= 11 is 0. The van der Waals surface area contributed by atoms with E-state index in [1.54, 1.807) is 27.1 Å². The summed E-state index contributed by atoms with van der Waals surface area (Å²) in [6.45, 7) is 3.17. The van der Waals surface area contributed by atoms with E-state index in [1.807, 2.05) is 6.07 Å². The minimum atomic E-state index is -0.236. The molecular weight excluding hydrogens is 287 g/mol. The van der Waals surface area contributed by atoms with Gasteiger partial charge in [0.05, 0.1) is 13.2 Å². The van der Waals surface area contributed by atoms with Gasteiger partial charge >= 0.3 is 0 Å². The van der Waals surface area contributed by atoms with Gasteiger partial charge in [-0.2, -0.15) is 0 Å². The predicted molar refractivity (Wildman–Crippen MR) is 84.2 cm³/mol. The lowest BCUT2D eigenvalue weighted by Crippen LogP contribution is -2.43. The van der Waals surface area contributed by atoms with Gasteiger partial charge in [0, 0.05) is 27.2 Å². The van der Waals surface area contributed by atoms with Gasteiger partial charge < -0.3 is 20.7 Å². The van der Waals surface area contributed by atoms with Gasteiger partial charge in [-0.05, 0) is 24.1 Å². The molecule has 6 nitrogen and oxygen atoms in total. The third-order valence-corrected chi connectivity index (χ3v) is 2.96. The van der Waals surface area contributed by atoms with Gasteiger partial charge in [-0.1, -0.05) is 12.1 Å². The molecule has 0 heterocycles. The molecule has 0 radical (unpaired) electrons. The third kappa shape index (κ3) is 6.53. The zero-order chi connectivity index (χ0) is 16.4. The first-order valence-corrected chi connectivity index (χ1v) is 7.02. The number of guanidine groups is 1. The Morgan fingerprint density at radius 2 is 2.09 bits per heavy atom. The number of ether oxygens (including phenoxy) is 1. The molecule has 122 valence electrons. The van der Waals surface area contributed by atoms with Gasteiger partial charge in [-0.15, -0.1) is 0 Å². The number of benzene rings is 1. The first-order chi connectivity index (χ1) is 10.6. The van der Waals surface area contributed by atoms with Gasteiger partial charge in [0.2, 0.25) is 5.91 Å². The van der Waals surface area contributed by atoms with Crippen LogP contribution >= 0.6 is 0 Å². The average Bonchev–Trinajstić information content (AvgIpc) is 2.51. The second-order valence-electron chi connectivity index (χ2n) is 4.71. The van der Waals surface area contributed by atoms with Crippen LogP contribution in [0.5, 0.6) is 0 Å². The van der Waals surface area contributed by atoms with E-state index in [9.17, 15) is 9.18 Å². The highest BCUT2D eigenvalue weighted by Crippen LogP contribution is 2.08. The summed E-state index contributed by atoms with van der Waals surface area (Å²) < 4.78 is 18.3. The van der Waals surface area contributed by atoms with Crippen molar-refractivity contribution < 1.29 is 13.9 Å². The number of methoxy groups -OCH3 is 1. The van der Waals surface area contributed by atoms with E-state index in [1.165, 1.54) is 6.07 Å². The molecule has 0 unspecified atom stereocenters. The molecule has 0 atom stereocenters. The van der Waals surface area contributed by atoms with Gasteiger partial charge in [-0.3, -0.25) is 9.79 Å². The van der Waals surface area contributed by atoms with E-state index in [0.717, 1.165) is 5.56 Å². The van der Waals surface area contributed by atoms with Crippen LogP contribution in [-0.2, 0) is 16.1 Å². The van der Waals surface area contributed by atoms with Crippen molar-refractivity contribution in [3.05, 3.63) is 35.1 Å². The molecule has 1 amide bonds. The molecule has 0 aliphatic rings. The van der Waals surface area contributed by atoms with Crippen LogP contribution in [-0.4, -0.2) is 45.7 Å². The van der Waals surface area contributed by atoms with Crippen LogP contribution in [0.1, 0.15) is 11.1 Å². The first kappa shape index (κ1) is 17.9. The fourth-order valence-electron chi connectivity index (χ4n) is 1.67. The van der Waals surface area contributed by atoms with E-state index in [2.05, 4.69) is 20.9 Å². The normalized spacial score (nSPS) is 11.2. The number of rotatable bonds is 7. The number of carbonyl (C=O) groups excluding carboxylic acids is 1. The molecule has 0 aromatic heterocycles. The van der Waals surface area contributed by atoms with Crippen LogP contribution in [0.2, 0.25) is 0 Å². The van der Waals surface area contributed by atoms with Crippen molar-refractivity contribution >= 4 is 11.9 Å². The van der Waals surface area contributed by atoms with Crippen molar-refractivity contribution in [2.75, 3.05) is 33.9 Å². The molecule has 1 aromatic rings. The maximum atomic E-state index is 13.5. The van der Waals surface area contributed by atoms with Crippen molar-refractivity contribution in [3.63, 3.8) is 0 Å². The Hall–Kier alpha value is -2.15. The Kier molecular flexibility index (Phi) is 7.91. The minimum absolute atomic E-state index is 0.103. The molecule has 0 aliphatic carbocycles. The van der Waals surface area contributed by atoms with E-state index < -0.39 is 0 Å². The van der Waals surface area contributed by atoms with E-state index in [4.69, 9.17) is 4.74 Å². The number of nitrogens with zero attached hydrogens (tertiary/aromatic N) is 1. The molecule has 1 aromatic carbocycles. The number of halogens is 1. The second kappa shape index (κ2) is 9.73. The number of amides is 1. The molecule has 22 heavy (non-hydrogen) atoms. The number of aryl methyl sites for hydroxylation is 1. The smallest absolute Gasteiger partial charge is 0.239 e. The predicted octanol–water partition coefficient (Wildman–Crippen LogP) is 0.562. The summed E-state index contributed by atoms with van der Waals surface area (Å²) in [4.78, 5) is 15.5. The summed E-state index contributed by atoms with van der Waals surface area (Å²) in [5, 5.41) is 8.60. The molecule has 7 heteroatoms. The molecule has 0 aliphatic heterocycles. The summed E-state index contributed by atoms with van der Waals surface area (Å²) in [7, 11) is 3.18. The molecule has 0 fully saturated rings. The van der Waals surface area contributed by atoms with Crippen LogP contribution in [0.4, 0.5) is 4.39 Å². The Labute approximate surface area is 130 Å². The quantitative estimate of drug-likeness (QED) is 0.391. The SMILES string of the molecule is CN=C(NCC(=O)NCCOC)NCc1ccc(C)c(F)c1. The van der Waals surface area contributed by atoms with E-state index in [0.29, 0.717) is 31.2 Å². The number of carbonyl (C=O) groups is 1. The molecular formula is C15H23FN4O2. The average molecular weight is 310 g/mol. The molecule has 0 spiro atoms. The molecule has 0 bridgehead atoms. The van der Waals surface area contributed by atoms with Crippen molar-refractivity contribution in [1.82, 2.24) is 16.0 Å². The maximum Gasteiger partial charge on any atom is 0.239 e. The zero-order valence-corrected chi connectivity index (χ0v) is 13.2. The highest BCUT2D eigenvalue weighted by atomic mass is 19.1. The van der Waals surface area contributed by atoms with Crippen molar-refractivity contribution in [2.24, 2.45) is 4.99 Å². The summed E-state index contributed by atoms with van der Waals surface area (Å²) in [6.07, 6.45) is 0. The van der Waals surface area contributed by atoms with Gasteiger partial charge in [0.1, 0.15) is 5.82 Å². The lowest BCUT2D eigenvalue weighted by molar-refractivity contribution is -0.120. The maximum absolute atomic E-state index is 13.5. The number of aliphatic imine (C=N–C) groups is 1. The fraction of sp³-hybridized carbons (Fsp3) is 0.467. The van der Waals surface area contributed by atoms with Gasteiger partial charge in [-0.25, -0.2) is 4.39 Å². The van der Waals surface area contributed by atoms with Crippen molar-refractivity contribution in [2.45, 2.75) is 13.5 Å². The Morgan fingerprint density at radius 1 is 1.32 bits per heavy atom. The second-order valence-corrected chi connectivity index (χ2v) is 4.71. The van der Waals surface area contributed by atoms with Crippen LogP contribution in [0.3, 0.4) is 0 Å². The number of hydrogen-bond acceptors (Lipinski definition) is 3. The number of hydrogen-bond donors (Lipinski definition) is 3. The zero-order valence-electron chi connectivity index (χ0n) is 13.2. The molecule has 1 rings (SSSR count). The Balaban J connectivity index is 2.36. The minimum Gasteiger partial charge on any atom is -0.383 e. The topological polar surface area (TPSA) is 74.8 Å². The fourth-order valence-corrected chi connectivity index (χ4v) is 1.67. The molecule has 0 saturated carbocycles. The van der Waals surface area contributed by atoms with Crippen molar-refractivity contribution in [1.29, 1.82) is 0 Å². The first-order valence-electron chi connectivity index (χ1n) is 7.02. The lowest BCUT2D eigenvalue weighted by atomic mass is 10.1. The van der Waals surface area contributed by atoms with E-state index in [-0.39, 0.29) is 18.3 Å². The van der Waals surface area contributed by atoms with Crippen molar-refractivity contribution in [3.8, 4) is 0 Å². The van der Waals surface area contributed by atoms with Crippen LogP contribution < -0.4 is 16.0 Å². The summed E-state index contributed by atoms with van der Waals surface area (Å²) in [5.74, 6) is 0.0871. The van der Waals surface area contributed by atoms with Crippen LogP contribution in [0, 0.1) is 12.7 Å². The summed E-state index contributed by atoms with van der Waals surface area (Å²) in [5.41, 5.74) is 1.41. The highest BCUT2D eigenvalue weighted by Gasteiger charge is 2.04. The number of nitrogens with one attached hydrogen (secondary N) is 3. The monoisotopic (exact) mass is 310 g/mol. The van der Waals surface area contributed by atoms with Gasteiger partial charge in [0.25, 0.3) is 0 Å². The standard InChI is InChI=1S/C15H23FN4O2/c1-11-4-5-12(8-13(11)16)9-19-15(17-2)20-10-14(21)18-6-7-22-3/h4-5,8H,6-7,9-10H2,1-3H3,(H,18,21)(H2,17,19,20). The Bertz CT molecular complexity index is 520. The van der Waals surface area contributed by atoms with Crippen LogP contribution in [0.25, 0.3) is 0 Å². The molecule has 0 saturated heterocycles. The van der Waals surface area contributed by atoms with Gasteiger partial charge in [0.15, 0.2) is 5.96 Å². The largest absolute Gasteiger partial charge is 0.383 e. The Morgan fingerprint density at radius 3 is 2.73 bits per heavy atom. The highest BCUT2D eigenvalue weighted by molar-refractivity contribution is 5.86. The third-order valence-electron chi connectivity index (χ3n) is 2.96. The van der Waals surface area contributed by atoms with Crippen LogP contribution in [0.15, 0.2) is 23.2 Å². The van der Waals surface area contributed by atoms with E-state index >= 15 is 0 Å². The summed E-state index contributed by atoms with van der Waals surface area (Å²) in [6, 6.07) is 5.05. The lowest BCUT2D eigenvalue weighted by Gasteiger charge is -2.12.